The van der Waals surface area contributed by atoms with E-state index < -0.39 is 0 Å². The normalized spacial score (nSPS) is 13.2. The smallest absolute Gasteiger partial charge is 0.0252 e. The lowest BCUT2D eigenvalue weighted by Gasteiger charge is -2.28. The summed E-state index contributed by atoms with van der Waals surface area (Å²) >= 11 is 3.61. The fourth-order valence-electron chi connectivity index (χ4n) is 1.09. The summed E-state index contributed by atoms with van der Waals surface area (Å²) in [5.74, 6) is 0. The van der Waals surface area contributed by atoms with E-state index in [1.165, 1.54) is 9.78 Å². The lowest BCUT2D eigenvalue weighted by atomic mass is 10.3. The van der Waals surface area contributed by atoms with Crippen LogP contribution in [0.25, 0.3) is 0 Å². The van der Waals surface area contributed by atoms with E-state index >= 15 is 0 Å². The molecule has 1 atom stereocenters. The lowest BCUT2D eigenvalue weighted by molar-refractivity contribution is 0.791. The summed E-state index contributed by atoms with van der Waals surface area (Å²) in [6, 6.07) is 8.53. The summed E-state index contributed by atoms with van der Waals surface area (Å²) in [4.78, 5) is 0. The van der Waals surface area contributed by atoms with Crippen LogP contribution in [0, 0.1) is 0 Å². The number of hydrogen-bond acceptors (Lipinski definition) is 0. The van der Waals surface area contributed by atoms with E-state index in [2.05, 4.69) is 67.6 Å². The highest BCUT2D eigenvalue weighted by Gasteiger charge is 2.22. The molecular weight excluding hydrogens is 254 g/mol. The monoisotopic (exact) mass is 269 g/mol. The molecule has 0 aliphatic rings. The molecule has 0 fully saturated rings. The van der Waals surface area contributed by atoms with Crippen LogP contribution in [0.15, 0.2) is 28.7 Å². The van der Waals surface area contributed by atoms with Crippen molar-refractivity contribution in [3.05, 3.63) is 28.7 Å². The highest BCUT2D eigenvalue weighted by molar-refractivity contribution is 9.10. The van der Waals surface area contributed by atoms with Crippen LogP contribution in [-0.2, 0) is 0 Å². The third kappa shape index (κ3) is 3.40. The van der Waals surface area contributed by atoms with Crippen LogP contribution in [0.1, 0.15) is 20.8 Å². The summed E-state index contributed by atoms with van der Waals surface area (Å²) in [6.07, 6.45) is 0. The first kappa shape index (κ1) is 14.2. The molecule has 0 aliphatic heterocycles. The molecule has 0 N–H and O–H groups in total. The van der Waals surface area contributed by atoms with Crippen LogP contribution >= 0.6 is 23.9 Å². The molecule has 0 aliphatic carbocycles. The molecule has 0 aromatic heterocycles. The van der Waals surface area contributed by atoms with Gasteiger partial charge >= 0.3 is 0 Å². The maximum absolute atomic E-state index is 3.61. The maximum atomic E-state index is 3.61. The van der Waals surface area contributed by atoms with E-state index in [-0.39, 0.29) is 16.3 Å². The van der Waals surface area contributed by atoms with Crippen LogP contribution < -0.4 is 5.30 Å². The van der Waals surface area contributed by atoms with Crippen LogP contribution in [0.4, 0.5) is 0 Å². The number of rotatable bonds is 1. The quantitative estimate of drug-likeness (QED) is 0.540. The molecule has 0 amide bonds. The van der Waals surface area contributed by atoms with Gasteiger partial charge in [-0.3, -0.25) is 0 Å². The Bertz CT molecular complexity index is 294. The molecule has 1 aromatic rings. The fraction of sp³-hybridized carbons (Fsp3) is 0.455. The Morgan fingerprint density at radius 2 is 1.64 bits per heavy atom. The van der Waals surface area contributed by atoms with Gasteiger partial charge in [-0.15, -0.1) is 0 Å². The molecule has 1 rings (SSSR count). The van der Waals surface area contributed by atoms with Crippen LogP contribution in [-0.4, -0.2) is 20.2 Å². The lowest BCUT2D eigenvalue weighted by Crippen LogP contribution is -2.19. The number of halogens is 1. The van der Waals surface area contributed by atoms with E-state index in [4.69, 9.17) is 0 Å². The SMILES string of the molecule is C[P@@](c1ccccc1Br)C(C)(C)C.[B]. The van der Waals surface area contributed by atoms with E-state index in [0.717, 1.165) is 0 Å². The fourth-order valence-corrected chi connectivity index (χ4v) is 3.60. The van der Waals surface area contributed by atoms with Gasteiger partial charge in [0.25, 0.3) is 0 Å². The van der Waals surface area contributed by atoms with E-state index in [9.17, 15) is 0 Å². The Hall–Kier alpha value is 0.195. The van der Waals surface area contributed by atoms with Gasteiger partial charge in [-0.1, -0.05) is 62.8 Å². The molecule has 0 spiro atoms. The minimum atomic E-state index is -0.0844. The molecule has 3 heteroatoms. The minimum absolute atomic E-state index is 0. The van der Waals surface area contributed by atoms with Gasteiger partial charge in [0.15, 0.2) is 0 Å². The Balaban J connectivity index is 0.00000169. The van der Waals surface area contributed by atoms with Gasteiger partial charge in [-0.25, -0.2) is 0 Å². The molecule has 0 saturated heterocycles. The molecule has 0 nitrogen and oxygen atoms in total. The molecule has 3 radical (unpaired) electrons. The van der Waals surface area contributed by atoms with Crippen molar-refractivity contribution in [1.82, 2.24) is 0 Å². The predicted octanol–water partition coefficient (Wildman–Crippen LogP) is 3.60. The molecular formula is C11H16BBrP. The molecule has 75 valence electrons. The molecule has 0 saturated carbocycles. The van der Waals surface area contributed by atoms with Gasteiger partial charge < -0.3 is 0 Å². The van der Waals surface area contributed by atoms with Gasteiger partial charge in [0.2, 0.25) is 0 Å². The Labute approximate surface area is 98.9 Å². The zero-order chi connectivity index (χ0) is 10.1. The van der Waals surface area contributed by atoms with Gasteiger partial charge in [-0.05, 0) is 23.2 Å². The first-order valence-corrected chi connectivity index (χ1v) is 6.99. The second-order valence-corrected chi connectivity index (χ2v) is 7.98. The largest absolute Gasteiger partial charge is 0.0718 e. The van der Waals surface area contributed by atoms with Crippen molar-refractivity contribution in [2.24, 2.45) is 0 Å². The van der Waals surface area contributed by atoms with Crippen molar-refractivity contribution in [1.29, 1.82) is 0 Å². The van der Waals surface area contributed by atoms with E-state index in [0.29, 0.717) is 5.16 Å². The molecule has 0 heterocycles. The maximum Gasteiger partial charge on any atom is 0.0252 e. The summed E-state index contributed by atoms with van der Waals surface area (Å²) in [5, 5.41) is 1.85. The van der Waals surface area contributed by atoms with Crippen molar-refractivity contribution in [3.8, 4) is 0 Å². The van der Waals surface area contributed by atoms with E-state index in [1.54, 1.807) is 0 Å². The van der Waals surface area contributed by atoms with Crippen molar-refractivity contribution in [2.45, 2.75) is 25.9 Å². The van der Waals surface area contributed by atoms with Crippen LogP contribution in [0.3, 0.4) is 0 Å². The standard InChI is InChI=1S/C11H16BrP.B/c1-11(2,3)13(4)10-8-6-5-7-9(10)12;/h5-8H,1-4H3;/t13-;/m0./s1. The zero-order valence-electron chi connectivity index (χ0n) is 9.21. The zero-order valence-corrected chi connectivity index (χ0v) is 11.7. The topological polar surface area (TPSA) is 0 Å². The second kappa shape index (κ2) is 5.33. The third-order valence-corrected chi connectivity index (χ3v) is 6.34. The highest BCUT2D eigenvalue weighted by Crippen LogP contribution is 2.46. The van der Waals surface area contributed by atoms with Crippen LogP contribution in [0.5, 0.6) is 0 Å². The molecule has 0 unspecified atom stereocenters. The average molecular weight is 270 g/mol. The van der Waals surface area contributed by atoms with Gasteiger partial charge in [0, 0.05) is 12.9 Å². The predicted molar refractivity (Wildman–Crippen MR) is 72.1 cm³/mol. The highest BCUT2D eigenvalue weighted by atomic mass is 79.9. The summed E-state index contributed by atoms with van der Waals surface area (Å²) in [7, 11) is -0.0844. The second-order valence-electron chi connectivity index (χ2n) is 4.18. The first-order chi connectivity index (χ1) is 5.93. The Kier molecular flexibility index (Phi) is 5.40. The summed E-state index contributed by atoms with van der Waals surface area (Å²) in [5.41, 5.74) is 0. The van der Waals surface area contributed by atoms with Crippen molar-refractivity contribution >= 4 is 37.6 Å². The van der Waals surface area contributed by atoms with Crippen molar-refractivity contribution in [2.75, 3.05) is 6.66 Å². The Morgan fingerprint density at radius 1 is 1.14 bits per heavy atom. The molecule has 14 heavy (non-hydrogen) atoms. The summed E-state index contributed by atoms with van der Waals surface area (Å²) < 4.78 is 1.25. The van der Waals surface area contributed by atoms with Crippen molar-refractivity contribution in [3.63, 3.8) is 0 Å². The minimum Gasteiger partial charge on any atom is -0.0718 e. The Morgan fingerprint density at radius 3 is 2.07 bits per heavy atom. The summed E-state index contributed by atoms with van der Waals surface area (Å²) in [6.45, 7) is 9.25. The van der Waals surface area contributed by atoms with Gasteiger partial charge in [0.05, 0.1) is 0 Å². The molecule has 0 bridgehead atoms. The third-order valence-electron chi connectivity index (χ3n) is 2.22. The first-order valence-electron chi connectivity index (χ1n) is 4.41. The molecule has 1 aromatic carbocycles. The average Bonchev–Trinajstić information content (AvgIpc) is 2.02. The van der Waals surface area contributed by atoms with Gasteiger partial charge in [0.1, 0.15) is 0 Å². The van der Waals surface area contributed by atoms with Gasteiger partial charge in [-0.2, -0.15) is 0 Å². The van der Waals surface area contributed by atoms with E-state index in [1.807, 2.05) is 0 Å². The number of hydrogen-bond donors (Lipinski definition) is 0. The van der Waals surface area contributed by atoms with Crippen molar-refractivity contribution < 1.29 is 0 Å². The number of benzene rings is 1. The van der Waals surface area contributed by atoms with Crippen LogP contribution in [0.2, 0.25) is 0 Å².